The lowest BCUT2D eigenvalue weighted by molar-refractivity contribution is -0.139. The maximum Gasteiger partial charge on any atom is 0.261 e. The number of imide groups is 2. The molecule has 1 saturated heterocycles. The van der Waals surface area contributed by atoms with Crippen LogP contribution in [0.15, 0.2) is 18.2 Å². The first-order valence-corrected chi connectivity index (χ1v) is 9.62. The van der Waals surface area contributed by atoms with Gasteiger partial charge < -0.3 is 15.4 Å². The number of amides is 5. The molecular weight excluding hydrogens is 392 g/mol. The Bertz CT molecular complexity index is 826. The van der Waals surface area contributed by atoms with Gasteiger partial charge in [0.15, 0.2) is 0 Å². The highest BCUT2D eigenvalue weighted by atomic mass is 16.5. The summed E-state index contributed by atoms with van der Waals surface area (Å²) in [5.41, 5.74) is 1.58. The molecule has 1 unspecified atom stereocenters. The van der Waals surface area contributed by atoms with Crippen LogP contribution in [-0.4, -0.2) is 67.8 Å². The molecule has 0 spiro atoms. The van der Waals surface area contributed by atoms with Gasteiger partial charge in [0.1, 0.15) is 6.04 Å². The van der Waals surface area contributed by atoms with E-state index < -0.39 is 23.8 Å². The second-order valence-corrected chi connectivity index (χ2v) is 6.73. The number of ether oxygens (including phenoxy) is 1. The number of nitrogens with zero attached hydrogens (tertiary/aromatic N) is 1. The van der Waals surface area contributed by atoms with Gasteiger partial charge >= 0.3 is 0 Å². The molecule has 0 bridgehead atoms. The summed E-state index contributed by atoms with van der Waals surface area (Å²) in [5, 5.41) is 7.81. The summed E-state index contributed by atoms with van der Waals surface area (Å²) in [5.74, 6) is -1.79. The number of piperidine rings is 1. The fourth-order valence-electron chi connectivity index (χ4n) is 3.06. The molecule has 1 heterocycles. The van der Waals surface area contributed by atoms with Crippen molar-refractivity contribution in [3.05, 3.63) is 29.3 Å². The summed E-state index contributed by atoms with van der Waals surface area (Å²) in [6.45, 7) is 2.86. The summed E-state index contributed by atoms with van der Waals surface area (Å²) >= 11 is 0. The molecule has 1 fully saturated rings. The van der Waals surface area contributed by atoms with Crippen molar-refractivity contribution < 1.29 is 28.7 Å². The Hall–Kier alpha value is -3.27. The molecule has 30 heavy (non-hydrogen) atoms. The summed E-state index contributed by atoms with van der Waals surface area (Å²) in [7, 11) is 1.56. The number of anilines is 1. The van der Waals surface area contributed by atoms with Crippen LogP contribution in [0.4, 0.5) is 5.69 Å². The van der Waals surface area contributed by atoms with Gasteiger partial charge in [0.2, 0.25) is 24.1 Å². The van der Waals surface area contributed by atoms with Crippen molar-refractivity contribution in [1.29, 1.82) is 0 Å². The number of carbonyl (C=O) groups excluding carboxylic acids is 5. The Labute approximate surface area is 174 Å². The van der Waals surface area contributed by atoms with Gasteiger partial charge in [-0.25, -0.2) is 0 Å². The highest BCUT2D eigenvalue weighted by molar-refractivity contribution is 6.08. The van der Waals surface area contributed by atoms with Crippen LogP contribution in [0, 0.1) is 6.92 Å². The maximum absolute atomic E-state index is 12.9. The molecule has 0 radical (unpaired) electrons. The molecule has 1 aromatic carbocycles. The molecule has 0 aromatic heterocycles. The standard InChI is InChI=1S/C20H26N4O6/c1-13-14(20(29)24(12-25)16-6-7-18(27)23-19(16)28)4-3-5-15(13)22-9-11-30-10-8-17(26)21-2/h3-5,12,16,22H,6-11H2,1-2H3,(H,21,26)(H,23,27,28). The summed E-state index contributed by atoms with van der Waals surface area (Å²) in [4.78, 5) is 59.8. The lowest BCUT2D eigenvalue weighted by atomic mass is 10.0. The first kappa shape index (κ1) is 23.0. The smallest absolute Gasteiger partial charge is 0.261 e. The zero-order chi connectivity index (χ0) is 22.1. The van der Waals surface area contributed by atoms with Crippen molar-refractivity contribution in [2.45, 2.75) is 32.2 Å². The first-order valence-electron chi connectivity index (χ1n) is 9.62. The number of hydrogen-bond donors (Lipinski definition) is 3. The van der Waals surface area contributed by atoms with Gasteiger partial charge in [0.05, 0.1) is 13.2 Å². The van der Waals surface area contributed by atoms with Gasteiger partial charge in [-0.3, -0.25) is 34.2 Å². The van der Waals surface area contributed by atoms with Crippen LogP contribution in [0.1, 0.15) is 35.2 Å². The van der Waals surface area contributed by atoms with Gasteiger partial charge in [0, 0.05) is 37.7 Å². The summed E-state index contributed by atoms with van der Waals surface area (Å²) in [6.07, 6.45) is 0.762. The minimum Gasteiger partial charge on any atom is -0.382 e. The summed E-state index contributed by atoms with van der Waals surface area (Å²) < 4.78 is 5.38. The van der Waals surface area contributed by atoms with Crippen LogP contribution >= 0.6 is 0 Å². The van der Waals surface area contributed by atoms with Crippen molar-refractivity contribution in [3.63, 3.8) is 0 Å². The van der Waals surface area contributed by atoms with E-state index in [4.69, 9.17) is 4.74 Å². The lowest BCUT2D eigenvalue weighted by Crippen LogP contribution is -2.53. The van der Waals surface area contributed by atoms with Crippen molar-refractivity contribution in [2.24, 2.45) is 0 Å². The molecule has 10 heteroatoms. The maximum atomic E-state index is 12.9. The SMILES string of the molecule is CNC(=O)CCOCCNc1cccc(C(=O)N(C=O)C2CCC(=O)NC2=O)c1C. The molecule has 2 rings (SSSR count). The molecule has 1 atom stereocenters. The number of carbonyl (C=O) groups is 5. The largest absolute Gasteiger partial charge is 0.382 e. The molecule has 5 amide bonds. The number of rotatable bonds is 10. The zero-order valence-corrected chi connectivity index (χ0v) is 17.0. The van der Waals surface area contributed by atoms with Crippen molar-refractivity contribution >= 4 is 35.7 Å². The topological polar surface area (TPSA) is 134 Å². The Morgan fingerprint density at radius 2 is 2.07 bits per heavy atom. The molecule has 3 N–H and O–H groups in total. The van der Waals surface area contributed by atoms with Crippen LogP contribution in [0.5, 0.6) is 0 Å². The van der Waals surface area contributed by atoms with Gasteiger partial charge in [0.25, 0.3) is 5.91 Å². The third kappa shape index (κ3) is 5.86. The Morgan fingerprint density at radius 3 is 2.73 bits per heavy atom. The van der Waals surface area contributed by atoms with E-state index in [0.717, 1.165) is 4.90 Å². The average molecular weight is 418 g/mol. The van der Waals surface area contributed by atoms with E-state index in [1.165, 1.54) is 0 Å². The van der Waals surface area contributed by atoms with Gasteiger partial charge in [-0.1, -0.05) is 6.07 Å². The monoisotopic (exact) mass is 418 g/mol. The highest BCUT2D eigenvalue weighted by Gasteiger charge is 2.35. The second-order valence-electron chi connectivity index (χ2n) is 6.73. The van der Waals surface area contributed by atoms with Crippen molar-refractivity contribution in [3.8, 4) is 0 Å². The third-order valence-corrected chi connectivity index (χ3v) is 4.77. The first-order chi connectivity index (χ1) is 14.4. The van der Waals surface area contributed by atoms with E-state index in [-0.39, 0.29) is 30.7 Å². The van der Waals surface area contributed by atoms with Crippen LogP contribution in [0.3, 0.4) is 0 Å². The fourth-order valence-corrected chi connectivity index (χ4v) is 3.06. The molecule has 0 aliphatic carbocycles. The van der Waals surface area contributed by atoms with Crippen LogP contribution in [0.25, 0.3) is 0 Å². The van der Waals surface area contributed by atoms with Crippen LogP contribution in [-0.2, 0) is 23.9 Å². The van der Waals surface area contributed by atoms with Crippen LogP contribution < -0.4 is 16.0 Å². The van der Waals surface area contributed by atoms with Gasteiger partial charge in [-0.2, -0.15) is 0 Å². The molecule has 10 nitrogen and oxygen atoms in total. The van der Waals surface area contributed by atoms with Crippen molar-refractivity contribution in [2.75, 3.05) is 32.1 Å². The summed E-state index contributed by atoms with van der Waals surface area (Å²) in [6, 6.07) is 4.01. The van der Waals surface area contributed by atoms with Crippen molar-refractivity contribution in [1.82, 2.24) is 15.5 Å². The minimum absolute atomic E-state index is 0.0640. The van der Waals surface area contributed by atoms with E-state index in [1.54, 1.807) is 32.2 Å². The normalized spacial score (nSPS) is 15.9. The Kier molecular flexibility index (Phi) is 8.48. The number of benzene rings is 1. The van der Waals surface area contributed by atoms with E-state index >= 15 is 0 Å². The average Bonchev–Trinajstić information content (AvgIpc) is 2.73. The fraction of sp³-hybridized carbons (Fsp3) is 0.450. The highest BCUT2D eigenvalue weighted by Crippen LogP contribution is 2.22. The quantitative estimate of drug-likeness (QED) is 0.276. The molecule has 1 aromatic rings. The van der Waals surface area contributed by atoms with Crippen LogP contribution in [0.2, 0.25) is 0 Å². The lowest BCUT2D eigenvalue weighted by Gasteiger charge is -2.29. The second kappa shape index (κ2) is 11.1. The molecule has 0 saturated carbocycles. The predicted octanol–water partition coefficient (Wildman–Crippen LogP) is -0.0366. The molecule has 1 aliphatic rings. The molecule has 1 aliphatic heterocycles. The van der Waals surface area contributed by atoms with Gasteiger partial charge in [-0.05, 0) is 31.0 Å². The number of hydrogen-bond acceptors (Lipinski definition) is 7. The van der Waals surface area contributed by atoms with E-state index in [1.807, 2.05) is 0 Å². The Morgan fingerprint density at radius 1 is 1.30 bits per heavy atom. The molecular formula is C20H26N4O6. The molecule has 162 valence electrons. The predicted molar refractivity (Wildman–Crippen MR) is 108 cm³/mol. The number of nitrogens with one attached hydrogen (secondary N) is 3. The van der Waals surface area contributed by atoms with E-state index in [0.29, 0.717) is 37.4 Å². The van der Waals surface area contributed by atoms with E-state index in [9.17, 15) is 24.0 Å². The minimum atomic E-state index is -1.02. The van der Waals surface area contributed by atoms with Gasteiger partial charge in [-0.15, -0.1) is 0 Å². The zero-order valence-electron chi connectivity index (χ0n) is 17.0. The van der Waals surface area contributed by atoms with E-state index in [2.05, 4.69) is 16.0 Å². The third-order valence-electron chi connectivity index (χ3n) is 4.77. The Balaban J connectivity index is 1.99.